The van der Waals surface area contributed by atoms with E-state index >= 15 is 0 Å². The molecule has 6 rings (SSSR count). The number of benzene rings is 1. The average molecular weight is 551 g/mol. The molecule has 5 aliphatic rings. The van der Waals surface area contributed by atoms with E-state index in [1.54, 1.807) is 4.90 Å². The number of carboxylic acids is 1. The molecule has 40 heavy (non-hydrogen) atoms. The van der Waals surface area contributed by atoms with Gasteiger partial charge in [0.05, 0.1) is 24.7 Å². The van der Waals surface area contributed by atoms with Gasteiger partial charge in [-0.2, -0.15) is 0 Å². The van der Waals surface area contributed by atoms with E-state index in [1.807, 2.05) is 51.1 Å². The van der Waals surface area contributed by atoms with Crippen LogP contribution in [0.4, 0.5) is 10.5 Å². The summed E-state index contributed by atoms with van der Waals surface area (Å²) >= 11 is 0. The topological polar surface area (TPSA) is 105 Å². The molecular formula is C32H42N2O6. The number of hydrogen-bond acceptors (Lipinski definition) is 5. The highest BCUT2D eigenvalue weighted by atomic mass is 16.7. The first kappa shape index (κ1) is 27.5. The summed E-state index contributed by atoms with van der Waals surface area (Å²) in [6.45, 7) is 9.12. The zero-order valence-electron chi connectivity index (χ0n) is 24.0. The van der Waals surface area contributed by atoms with Gasteiger partial charge >= 0.3 is 12.0 Å². The quantitative estimate of drug-likeness (QED) is 0.357. The second-order valence-corrected chi connectivity index (χ2v) is 13.4. The minimum absolute atomic E-state index is 0.0126. The maximum atomic E-state index is 13.6. The number of nitrogens with one attached hydrogen (secondary N) is 1. The van der Waals surface area contributed by atoms with Crippen LogP contribution in [0.3, 0.4) is 0 Å². The van der Waals surface area contributed by atoms with E-state index in [-0.39, 0.29) is 43.0 Å². The Labute approximate surface area is 236 Å². The van der Waals surface area contributed by atoms with Crippen molar-refractivity contribution in [2.24, 2.45) is 45.8 Å². The summed E-state index contributed by atoms with van der Waals surface area (Å²) in [5, 5.41) is 14.1. The first-order valence-corrected chi connectivity index (χ1v) is 14.9. The van der Waals surface area contributed by atoms with E-state index in [0.29, 0.717) is 30.5 Å². The summed E-state index contributed by atoms with van der Waals surface area (Å²) in [5.41, 5.74) is -1.31. The van der Waals surface area contributed by atoms with Gasteiger partial charge in [0, 0.05) is 17.6 Å². The number of aldehydes is 1. The van der Waals surface area contributed by atoms with E-state index in [2.05, 4.69) is 18.3 Å². The Hall–Kier alpha value is -2.71. The van der Waals surface area contributed by atoms with E-state index in [4.69, 9.17) is 9.47 Å². The molecule has 8 nitrogen and oxygen atoms in total. The molecule has 1 saturated heterocycles. The van der Waals surface area contributed by atoms with Crippen molar-refractivity contribution in [3.8, 4) is 0 Å². The van der Waals surface area contributed by atoms with E-state index in [9.17, 15) is 19.5 Å². The average Bonchev–Trinajstić information content (AvgIpc) is 3.50. The van der Waals surface area contributed by atoms with Gasteiger partial charge in [0.2, 0.25) is 0 Å². The zero-order valence-corrected chi connectivity index (χ0v) is 24.0. The summed E-state index contributed by atoms with van der Waals surface area (Å²) in [7, 11) is 0. The highest BCUT2D eigenvalue weighted by Gasteiger charge is 2.84. The van der Waals surface area contributed by atoms with E-state index in [0.717, 1.165) is 31.1 Å². The summed E-state index contributed by atoms with van der Waals surface area (Å²) < 4.78 is 12.7. The van der Waals surface area contributed by atoms with Crippen LogP contribution in [0, 0.1) is 45.8 Å². The maximum absolute atomic E-state index is 13.6. The number of ether oxygens (including phenoxy) is 2. The van der Waals surface area contributed by atoms with E-state index < -0.39 is 28.5 Å². The molecule has 3 saturated carbocycles. The molecule has 1 aliphatic heterocycles. The molecular weight excluding hydrogens is 508 g/mol. The number of carbonyl (C=O) groups excluding carboxylic acids is 2. The largest absolute Gasteiger partial charge is 0.481 e. The molecule has 4 bridgehead atoms. The van der Waals surface area contributed by atoms with Crippen LogP contribution in [0.2, 0.25) is 0 Å². The molecule has 4 aliphatic carbocycles. The van der Waals surface area contributed by atoms with E-state index in [1.165, 1.54) is 0 Å². The van der Waals surface area contributed by atoms with Gasteiger partial charge in [-0.1, -0.05) is 57.0 Å². The third kappa shape index (κ3) is 3.60. The second kappa shape index (κ2) is 9.69. The van der Waals surface area contributed by atoms with Crippen LogP contribution in [-0.2, 0) is 19.1 Å². The fourth-order valence-corrected chi connectivity index (χ4v) is 9.77. The van der Waals surface area contributed by atoms with Gasteiger partial charge in [-0.25, -0.2) is 4.79 Å². The van der Waals surface area contributed by atoms with Crippen LogP contribution in [-0.4, -0.2) is 60.4 Å². The Bertz CT molecular complexity index is 1220. The first-order chi connectivity index (χ1) is 19.1. The molecule has 2 amide bonds. The van der Waals surface area contributed by atoms with Gasteiger partial charge in [-0.05, 0) is 67.9 Å². The molecule has 216 valence electrons. The minimum atomic E-state index is -1.28. The molecule has 0 aromatic heterocycles. The molecule has 8 heteroatoms. The number of amides is 2. The number of aliphatic carboxylic acids is 1. The van der Waals surface area contributed by atoms with Gasteiger partial charge in [0.1, 0.15) is 11.7 Å². The lowest BCUT2D eigenvalue weighted by molar-refractivity contribution is -0.231. The number of rotatable bonds is 7. The molecule has 1 aromatic rings. The normalized spacial score (nSPS) is 41.5. The monoisotopic (exact) mass is 550 g/mol. The highest BCUT2D eigenvalue weighted by molar-refractivity contribution is 5.91. The zero-order chi connectivity index (χ0) is 28.4. The SMILES string of the molecule is CC(C)C1=CC2C[C@]3(C=O)C4CC[C@@H](C)C4CC2(CO[C@H]2CN(C(=O)Nc4ccccc4)C[C@@H](C)O2)C13C(=O)O. The van der Waals surface area contributed by atoms with Crippen molar-refractivity contribution in [2.75, 3.05) is 25.0 Å². The lowest BCUT2D eigenvalue weighted by atomic mass is 9.43. The number of carbonyl (C=O) groups is 3. The molecule has 5 unspecified atom stereocenters. The van der Waals surface area contributed by atoms with Crippen LogP contribution in [0.25, 0.3) is 0 Å². The van der Waals surface area contributed by atoms with Crippen molar-refractivity contribution in [3.05, 3.63) is 42.0 Å². The molecule has 4 fully saturated rings. The van der Waals surface area contributed by atoms with Crippen molar-refractivity contribution in [2.45, 2.75) is 65.8 Å². The fourth-order valence-electron chi connectivity index (χ4n) is 9.77. The Morgan fingerprint density at radius 3 is 2.60 bits per heavy atom. The smallest absolute Gasteiger partial charge is 0.322 e. The highest BCUT2D eigenvalue weighted by Crippen LogP contribution is 2.82. The Balaban J connectivity index is 1.30. The third-order valence-electron chi connectivity index (χ3n) is 11.2. The van der Waals surface area contributed by atoms with Gasteiger partial charge in [0.25, 0.3) is 0 Å². The predicted octanol–water partition coefficient (Wildman–Crippen LogP) is 5.21. The lowest BCUT2D eigenvalue weighted by Gasteiger charge is -2.58. The molecule has 2 N–H and O–H groups in total. The number of para-hydroxylation sites is 1. The number of anilines is 1. The fraction of sp³-hybridized carbons (Fsp3) is 0.656. The lowest BCUT2D eigenvalue weighted by Crippen LogP contribution is -2.64. The van der Waals surface area contributed by atoms with Crippen molar-refractivity contribution in [3.63, 3.8) is 0 Å². The third-order valence-corrected chi connectivity index (χ3v) is 11.2. The van der Waals surface area contributed by atoms with Gasteiger partial charge in [-0.3, -0.25) is 4.79 Å². The van der Waals surface area contributed by atoms with Crippen LogP contribution >= 0.6 is 0 Å². The molecule has 0 spiro atoms. The molecule has 9 atom stereocenters. The van der Waals surface area contributed by atoms with Crippen LogP contribution in [0.15, 0.2) is 42.0 Å². The molecule has 1 heterocycles. The first-order valence-electron chi connectivity index (χ1n) is 14.9. The number of nitrogens with zero attached hydrogens (tertiary/aromatic N) is 1. The summed E-state index contributed by atoms with van der Waals surface area (Å²) in [6, 6.07) is 9.10. The Morgan fingerprint density at radius 1 is 1.18 bits per heavy atom. The Kier molecular flexibility index (Phi) is 6.65. The summed E-state index contributed by atoms with van der Waals surface area (Å²) in [4.78, 5) is 41.6. The summed E-state index contributed by atoms with van der Waals surface area (Å²) in [5.74, 6) is -0.0904. The standard InChI is InChI=1S/C32H42N2O6/c1-19(2)26-12-22-13-30(17-35)25-11-10-20(3)24(25)14-31(22,32(26,30)28(36)37)18-39-27-16-34(15-21(4)40-27)29(38)33-23-8-6-5-7-9-23/h5-9,12,17,19-22,24-25,27H,10-11,13-16,18H2,1-4H3,(H,33,38)(H,36,37)/t20-,21-,22?,24?,25?,27-,30+,31?,32?/m1/s1. The molecule has 0 radical (unpaired) electrons. The van der Waals surface area contributed by atoms with Crippen LogP contribution in [0.5, 0.6) is 0 Å². The van der Waals surface area contributed by atoms with Crippen molar-refractivity contribution < 1.29 is 29.0 Å². The van der Waals surface area contributed by atoms with Gasteiger partial charge in [-0.15, -0.1) is 0 Å². The number of allylic oxidation sites excluding steroid dienone is 1. The minimum Gasteiger partial charge on any atom is -0.481 e. The second-order valence-electron chi connectivity index (χ2n) is 13.4. The van der Waals surface area contributed by atoms with Gasteiger partial charge < -0.3 is 29.6 Å². The Morgan fingerprint density at radius 2 is 1.93 bits per heavy atom. The van der Waals surface area contributed by atoms with Gasteiger partial charge in [0.15, 0.2) is 6.29 Å². The number of carboxylic acid groups (broad SMARTS) is 1. The predicted molar refractivity (Wildman–Crippen MR) is 149 cm³/mol. The number of hydrogen-bond donors (Lipinski definition) is 2. The number of urea groups is 1. The van der Waals surface area contributed by atoms with Crippen LogP contribution in [0.1, 0.15) is 53.4 Å². The van der Waals surface area contributed by atoms with Crippen LogP contribution < -0.4 is 5.32 Å². The molecule has 1 aromatic carbocycles. The van der Waals surface area contributed by atoms with Crippen molar-refractivity contribution in [1.82, 2.24) is 4.90 Å². The van der Waals surface area contributed by atoms with Crippen molar-refractivity contribution in [1.29, 1.82) is 0 Å². The number of morpholine rings is 1. The summed E-state index contributed by atoms with van der Waals surface area (Å²) in [6.07, 6.45) is 5.53. The van der Waals surface area contributed by atoms with Crippen molar-refractivity contribution >= 4 is 24.0 Å². The number of fused-ring (bicyclic) bond motifs is 2. The maximum Gasteiger partial charge on any atom is 0.322 e.